The molecule has 0 atom stereocenters. The van der Waals surface area contributed by atoms with Gasteiger partial charge in [-0.15, -0.1) is 0 Å². The molecular weight excluding hydrogens is 274 g/mol. The summed E-state index contributed by atoms with van der Waals surface area (Å²) in [6.07, 6.45) is 0. The average Bonchev–Trinajstić information content (AvgIpc) is 2.27. The summed E-state index contributed by atoms with van der Waals surface area (Å²) in [6.45, 7) is 1.35. The molecule has 0 saturated carbocycles. The lowest BCUT2D eigenvalue weighted by atomic mass is 10.4. The fourth-order valence-corrected chi connectivity index (χ4v) is 1.60. The SMILES string of the molecule is COCc1nc(Cl)c([N+](=O)[O-])c(NCCN(C)C)n1. The van der Waals surface area contributed by atoms with Gasteiger partial charge < -0.3 is 15.0 Å². The number of hydrogen-bond acceptors (Lipinski definition) is 7. The minimum absolute atomic E-state index is 0.110. The first kappa shape index (κ1) is 15.5. The maximum absolute atomic E-state index is 11.0. The Morgan fingerprint density at radius 3 is 2.68 bits per heavy atom. The van der Waals surface area contributed by atoms with Crippen LogP contribution in [0.15, 0.2) is 0 Å². The van der Waals surface area contributed by atoms with Crippen molar-refractivity contribution < 1.29 is 9.66 Å². The van der Waals surface area contributed by atoms with Crippen LogP contribution < -0.4 is 5.32 Å². The number of aromatic nitrogens is 2. The van der Waals surface area contributed by atoms with E-state index >= 15 is 0 Å². The quantitative estimate of drug-likeness (QED) is 0.457. The highest BCUT2D eigenvalue weighted by Crippen LogP contribution is 2.29. The van der Waals surface area contributed by atoms with Gasteiger partial charge in [0.1, 0.15) is 6.61 Å². The minimum atomic E-state index is -0.600. The normalized spacial score (nSPS) is 10.8. The van der Waals surface area contributed by atoms with Gasteiger partial charge in [0.05, 0.1) is 4.92 Å². The Labute approximate surface area is 115 Å². The van der Waals surface area contributed by atoms with Crippen molar-refractivity contribution in [3.63, 3.8) is 0 Å². The number of rotatable bonds is 7. The van der Waals surface area contributed by atoms with Crippen LogP contribution in [0.2, 0.25) is 5.15 Å². The second-order valence-corrected chi connectivity index (χ2v) is 4.41. The predicted octanol–water partition coefficient (Wildman–Crippen LogP) is 1.16. The Morgan fingerprint density at radius 2 is 2.16 bits per heavy atom. The van der Waals surface area contributed by atoms with Gasteiger partial charge in [-0.05, 0) is 14.1 Å². The van der Waals surface area contributed by atoms with E-state index in [4.69, 9.17) is 16.3 Å². The molecule has 0 aromatic carbocycles. The summed E-state index contributed by atoms with van der Waals surface area (Å²) < 4.78 is 4.89. The molecule has 1 aromatic heterocycles. The Hall–Kier alpha value is -1.51. The predicted molar refractivity (Wildman–Crippen MR) is 71.5 cm³/mol. The molecule has 0 aliphatic carbocycles. The van der Waals surface area contributed by atoms with Crippen LogP contribution in [0.1, 0.15) is 5.82 Å². The molecule has 0 spiro atoms. The Balaban J connectivity index is 2.99. The molecule has 19 heavy (non-hydrogen) atoms. The zero-order valence-electron chi connectivity index (χ0n) is 11.0. The lowest BCUT2D eigenvalue weighted by molar-refractivity contribution is -0.384. The Kier molecular flexibility index (Phi) is 5.87. The molecule has 0 aliphatic rings. The third-order valence-corrected chi connectivity index (χ3v) is 2.46. The van der Waals surface area contributed by atoms with Crippen LogP contribution in [0.5, 0.6) is 0 Å². The first-order chi connectivity index (χ1) is 8.95. The molecule has 0 fully saturated rings. The fraction of sp³-hybridized carbons (Fsp3) is 0.600. The van der Waals surface area contributed by atoms with Gasteiger partial charge in [-0.2, -0.15) is 0 Å². The van der Waals surface area contributed by atoms with Crippen LogP contribution in [0.4, 0.5) is 11.5 Å². The molecule has 0 bridgehead atoms. The smallest absolute Gasteiger partial charge is 0.348 e. The lowest BCUT2D eigenvalue weighted by Gasteiger charge is -2.11. The number of halogens is 1. The maximum Gasteiger partial charge on any atom is 0.348 e. The maximum atomic E-state index is 11.0. The van der Waals surface area contributed by atoms with E-state index in [1.54, 1.807) is 0 Å². The highest BCUT2D eigenvalue weighted by atomic mass is 35.5. The third kappa shape index (κ3) is 4.58. The highest BCUT2D eigenvalue weighted by molar-refractivity contribution is 6.31. The number of hydrogen-bond donors (Lipinski definition) is 1. The number of nitro groups is 1. The number of likely N-dealkylation sites (N-methyl/N-ethyl adjacent to an activating group) is 1. The van der Waals surface area contributed by atoms with Crippen molar-refractivity contribution >= 4 is 23.1 Å². The second-order valence-electron chi connectivity index (χ2n) is 4.05. The van der Waals surface area contributed by atoms with Crippen molar-refractivity contribution in [1.82, 2.24) is 14.9 Å². The van der Waals surface area contributed by atoms with Crippen molar-refractivity contribution in [2.24, 2.45) is 0 Å². The van der Waals surface area contributed by atoms with E-state index in [2.05, 4.69) is 15.3 Å². The van der Waals surface area contributed by atoms with E-state index in [0.29, 0.717) is 18.9 Å². The van der Waals surface area contributed by atoms with Crippen molar-refractivity contribution in [3.05, 3.63) is 21.1 Å². The molecule has 0 radical (unpaired) electrons. The third-order valence-electron chi connectivity index (χ3n) is 2.20. The van der Waals surface area contributed by atoms with Crippen molar-refractivity contribution in [3.8, 4) is 0 Å². The summed E-state index contributed by atoms with van der Waals surface area (Å²) in [7, 11) is 5.29. The Bertz CT molecular complexity index is 455. The molecule has 106 valence electrons. The van der Waals surface area contributed by atoms with Gasteiger partial charge in [0.15, 0.2) is 5.82 Å². The summed E-state index contributed by atoms with van der Waals surface area (Å²) in [5.74, 6) is 0.407. The van der Waals surface area contributed by atoms with Crippen LogP contribution in [0.25, 0.3) is 0 Å². The minimum Gasteiger partial charge on any atom is -0.377 e. The number of nitrogens with one attached hydrogen (secondary N) is 1. The number of methoxy groups -OCH3 is 1. The van der Waals surface area contributed by atoms with E-state index in [9.17, 15) is 10.1 Å². The monoisotopic (exact) mass is 289 g/mol. The largest absolute Gasteiger partial charge is 0.377 e. The van der Waals surface area contributed by atoms with E-state index in [1.807, 2.05) is 19.0 Å². The molecule has 0 amide bonds. The average molecular weight is 290 g/mol. The van der Waals surface area contributed by atoms with Crippen molar-refractivity contribution in [2.75, 3.05) is 39.6 Å². The van der Waals surface area contributed by atoms with Gasteiger partial charge in [0.2, 0.25) is 11.0 Å². The van der Waals surface area contributed by atoms with Crippen LogP contribution >= 0.6 is 11.6 Å². The van der Waals surface area contributed by atoms with Crippen LogP contribution in [-0.4, -0.2) is 54.1 Å². The molecule has 0 saturated heterocycles. The van der Waals surface area contributed by atoms with E-state index in [-0.39, 0.29) is 23.3 Å². The Morgan fingerprint density at radius 1 is 1.47 bits per heavy atom. The number of nitrogens with zero attached hydrogens (tertiary/aromatic N) is 4. The zero-order chi connectivity index (χ0) is 14.4. The van der Waals surface area contributed by atoms with Gasteiger partial charge in [-0.25, -0.2) is 9.97 Å². The molecule has 1 N–H and O–H groups in total. The molecule has 8 nitrogen and oxygen atoms in total. The molecule has 1 heterocycles. The molecular formula is C10H16ClN5O3. The lowest BCUT2D eigenvalue weighted by Crippen LogP contribution is -2.22. The molecule has 9 heteroatoms. The van der Waals surface area contributed by atoms with Gasteiger partial charge in [0, 0.05) is 20.2 Å². The van der Waals surface area contributed by atoms with Crippen molar-refractivity contribution in [1.29, 1.82) is 0 Å². The molecule has 1 aromatic rings. The summed E-state index contributed by atoms with van der Waals surface area (Å²) in [6, 6.07) is 0. The van der Waals surface area contributed by atoms with Crippen molar-refractivity contribution in [2.45, 2.75) is 6.61 Å². The molecule has 0 aliphatic heterocycles. The van der Waals surface area contributed by atoms with E-state index in [0.717, 1.165) is 0 Å². The summed E-state index contributed by atoms with van der Waals surface area (Å²) >= 11 is 5.81. The van der Waals surface area contributed by atoms with Crippen LogP contribution in [0.3, 0.4) is 0 Å². The van der Waals surface area contributed by atoms with Gasteiger partial charge in [0.25, 0.3) is 0 Å². The number of ether oxygens (including phenoxy) is 1. The highest BCUT2D eigenvalue weighted by Gasteiger charge is 2.23. The first-order valence-corrected chi connectivity index (χ1v) is 5.91. The van der Waals surface area contributed by atoms with Crippen LogP contribution in [-0.2, 0) is 11.3 Å². The first-order valence-electron chi connectivity index (χ1n) is 5.54. The van der Waals surface area contributed by atoms with Gasteiger partial charge >= 0.3 is 5.69 Å². The zero-order valence-corrected chi connectivity index (χ0v) is 11.8. The van der Waals surface area contributed by atoms with E-state index in [1.165, 1.54) is 7.11 Å². The summed E-state index contributed by atoms with van der Waals surface area (Å²) in [4.78, 5) is 20.2. The molecule has 1 rings (SSSR count). The topological polar surface area (TPSA) is 93.4 Å². The summed E-state index contributed by atoms with van der Waals surface area (Å²) in [5, 5.41) is 13.7. The standard InChI is InChI=1S/C10H16ClN5O3/c1-15(2)5-4-12-10-8(16(17)18)9(11)13-7(14-10)6-19-3/h4-6H2,1-3H3,(H,12,13,14). The van der Waals surface area contributed by atoms with Crippen LogP contribution in [0, 0.1) is 10.1 Å². The fourth-order valence-electron chi connectivity index (χ4n) is 1.35. The number of anilines is 1. The van der Waals surface area contributed by atoms with Gasteiger partial charge in [-0.3, -0.25) is 10.1 Å². The second kappa shape index (κ2) is 7.17. The van der Waals surface area contributed by atoms with E-state index < -0.39 is 4.92 Å². The molecule has 0 unspecified atom stereocenters. The summed E-state index contributed by atoms with van der Waals surface area (Å²) in [5.41, 5.74) is -0.319. The van der Waals surface area contributed by atoms with Gasteiger partial charge in [-0.1, -0.05) is 11.6 Å².